The van der Waals surface area contributed by atoms with Crippen LogP contribution in [0.15, 0.2) is 4.52 Å². The molecule has 1 aliphatic rings. The summed E-state index contributed by atoms with van der Waals surface area (Å²) in [5.74, 6) is 0.981. The molecule has 12 heavy (non-hydrogen) atoms. The fourth-order valence-corrected chi connectivity index (χ4v) is 1.55. The molecule has 3 N–H and O–H groups in total. The fourth-order valence-electron chi connectivity index (χ4n) is 1.55. The van der Waals surface area contributed by atoms with Crippen molar-refractivity contribution >= 4 is 0 Å². The van der Waals surface area contributed by atoms with Crippen LogP contribution in [-0.2, 0) is 19.4 Å². The number of nitrogens with two attached hydrogens (primary N) is 1. The second-order valence-electron chi connectivity index (χ2n) is 3.00. The highest BCUT2D eigenvalue weighted by Crippen LogP contribution is 2.17. The molecular weight excluding hydrogens is 154 g/mol. The van der Waals surface area contributed by atoms with Crippen LogP contribution in [0.5, 0.6) is 0 Å². The molecule has 0 saturated carbocycles. The molecule has 1 aliphatic heterocycles. The lowest BCUT2D eigenvalue weighted by atomic mass is 10.1. The summed E-state index contributed by atoms with van der Waals surface area (Å²) in [5, 5.41) is 7.22. The van der Waals surface area contributed by atoms with Crippen LogP contribution in [0.3, 0.4) is 0 Å². The Balaban J connectivity index is 2.25. The Kier molecular flexibility index (Phi) is 2.10. The maximum atomic E-state index is 5.45. The van der Waals surface area contributed by atoms with Gasteiger partial charge >= 0.3 is 0 Å². The third-order valence-electron chi connectivity index (χ3n) is 2.17. The number of nitrogens with zero attached hydrogens (tertiary/aromatic N) is 1. The van der Waals surface area contributed by atoms with Crippen LogP contribution in [0.25, 0.3) is 0 Å². The lowest BCUT2D eigenvalue weighted by molar-refractivity contribution is 0.377. The van der Waals surface area contributed by atoms with Crippen molar-refractivity contribution in [3.8, 4) is 0 Å². The second kappa shape index (κ2) is 3.25. The average Bonchev–Trinajstić information content (AvgIpc) is 2.50. The summed E-state index contributed by atoms with van der Waals surface area (Å²) in [6, 6.07) is 0. The fraction of sp³-hybridized carbons (Fsp3) is 0.625. The zero-order valence-corrected chi connectivity index (χ0v) is 6.97. The van der Waals surface area contributed by atoms with E-state index in [0.717, 1.165) is 37.4 Å². The highest BCUT2D eigenvalue weighted by Gasteiger charge is 2.17. The van der Waals surface area contributed by atoms with Crippen LogP contribution in [0.1, 0.15) is 17.0 Å². The van der Waals surface area contributed by atoms with E-state index in [1.165, 1.54) is 5.56 Å². The first kappa shape index (κ1) is 7.76. The molecule has 1 aromatic rings. The van der Waals surface area contributed by atoms with E-state index in [1.807, 2.05) is 0 Å². The number of nitrogens with one attached hydrogen (secondary N) is 1. The number of fused-ring (bicyclic) bond motifs is 1. The van der Waals surface area contributed by atoms with Crippen molar-refractivity contribution in [1.82, 2.24) is 10.5 Å². The van der Waals surface area contributed by atoms with Gasteiger partial charge in [-0.2, -0.15) is 0 Å². The smallest absolute Gasteiger partial charge is 0.141 e. The molecule has 0 aliphatic carbocycles. The van der Waals surface area contributed by atoms with Gasteiger partial charge in [0.2, 0.25) is 0 Å². The van der Waals surface area contributed by atoms with Crippen molar-refractivity contribution in [2.45, 2.75) is 19.4 Å². The Bertz CT molecular complexity index is 269. The van der Waals surface area contributed by atoms with Crippen LogP contribution in [0, 0.1) is 0 Å². The van der Waals surface area contributed by atoms with Crippen molar-refractivity contribution in [2.75, 3.05) is 13.1 Å². The lowest BCUT2D eigenvalue weighted by Gasteiger charge is -2.10. The maximum Gasteiger partial charge on any atom is 0.141 e. The highest BCUT2D eigenvalue weighted by atomic mass is 16.5. The third kappa shape index (κ3) is 1.23. The van der Waals surface area contributed by atoms with Gasteiger partial charge in [-0.1, -0.05) is 5.16 Å². The Labute approximate surface area is 71.1 Å². The molecule has 0 radical (unpaired) electrons. The van der Waals surface area contributed by atoms with Gasteiger partial charge in [0.25, 0.3) is 0 Å². The molecule has 0 bridgehead atoms. The molecule has 2 rings (SSSR count). The van der Waals surface area contributed by atoms with E-state index in [-0.39, 0.29) is 0 Å². The zero-order chi connectivity index (χ0) is 8.39. The van der Waals surface area contributed by atoms with Gasteiger partial charge in [0.1, 0.15) is 11.5 Å². The molecule has 0 unspecified atom stereocenters. The lowest BCUT2D eigenvalue weighted by Crippen LogP contribution is -2.23. The zero-order valence-electron chi connectivity index (χ0n) is 6.97. The largest absolute Gasteiger partial charge is 0.361 e. The molecule has 66 valence electrons. The Morgan fingerprint density at radius 1 is 1.58 bits per heavy atom. The van der Waals surface area contributed by atoms with Gasteiger partial charge < -0.3 is 15.6 Å². The van der Waals surface area contributed by atoms with E-state index >= 15 is 0 Å². The average molecular weight is 167 g/mol. The summed E-state index contributed by atoms with van der Waals surface area (Å²) in [5.41, 5.74) is 7.79. The molecule has 0 spiro atoms. The number of hydrogen-bond acceptors (Lipinski definition) is 4. The molecule has 0 amide bonds. The Morgan fingerprint density at radius 3 is 3.33 bits per heavy atom. The van der Waals surface area contributed by atoms with Gasteiger partial charge in [0.15, 0.2) is 0 Å². The maximum absolute atomic E-state index is 5.45. The number of hydrogen-bond donors (Lipinski definition) is 2. The normalized spacial score (nSPS) is 16.1. The number of aromatic nitrogens is 1. The second-order valence-corrected chi connectivity index (χ2v) is 3.00. The first-order valence-corrected chi connectivity index (χ1v) is 4.29. The topological polar surface area (TPSA) is 64.1 Å². The molecule has 1 aromatic heterocycles. The molecule has 0 atom stereocenters. The predicted octanol–water partition coefficient (Wildman–Crippen LogP) is -0.179. The first-order chi connectivity index (χ1) is 5.92. The summed E-state index contributed by atoms with van der Waals surface area (Å²) in [7, 11) is 0. The van der Waals surface area contributed by atoms with Crippen molar-refractivity contribution in [3.63, 3.8) is 0 Å². The van der Waals surface area contributed by atoms with Gasteiger partial charge in [-0.05, 0) is 19.5 Å². The molecule has 0 fully saturated rings. The van der Waals surface area contributed by atoms with Crippen molar-refractivity contribution < 1.29 is 4.52 Å². The van der Waals surface area contributed by atoms with E-state index in [0.29, 0.717) is 6.54 Å². The van der Waals surface area contributed by atoms with E-state index in [4.69, 9.17) is 10.3 Å². The molecule has 2 heterocycles. The third-order valence-corrected chi connectivity index (χ3v) is 2.17. The quantitative estimate of drug-likeness (QED) is 0.641. The predicted molar refractivity (Wildman–Crippen MR) is 44.7 cm³/mol. The van der Waals surface area contributed by atoms with Gasteiger partial charge in [-0.25, -0.2) is 0 Å². The minimum Gasteiger partial charge on any atom is -0.361 e. The van der Waals surface area contributed by atoms with E-state index < -0.39 is 0 Å². The summed E-state index contributed by atoms with van der Waals surface area (Å²) in [6.45, 7) is 2.49. The van der Waals surface area contributed by atoms with Crippen molar-refractivity contribution in [2.24, 2.45) is 5.73 Å². The van der Waals surface area contributed by atoms with Crippen LogP contribution >= 0.6 is 0 Å². The van der Waals surface area contributed by atoms with Gasteiger partial charge in [-0.3, -0.25) is 0 Å². The van der Waals surface area contributed by atoms with Crippen molar-refractivity contribution in [1.29, 1.82) is 0 Å². The van der Waals surface area contributed by atoms with Crippen LogP contribution in [-0.4, -0.2) is 18.2 Å². The minimum absolute atomic E-state index is 0.634. The van der Waals surface area contributed by atoms with E-state index in [1.54, 1.807) is 0 Å². The molecular formula is C8H13N3O. The highest BCUT2D eigenvalue weighted by molar-refractivity contribution is 5.25. The first-order valence-electron chi connectivity index (χ1n) is 4.29. The molecule has 4 nitrogen and oxygen atoms in total. The Morgan fingerprint density at radius 2 is 2.50 bits per heavy atom. The Hall–Kier alpha value is -0.870. The SMILES string of the molecule is NCCc1onc2c1CCNC2. The summed E-state index contributed by atoms with van der Waals surface area (Å²) >= 11 is 0. The minimum atomic E-state index is 0.634. The summed E-state index contributed by atoms with van der Waals surface area (Å²) < 4.78 is 5.19. The number of rotatable bonds is 2. The standard InChI is InChI=1S/C8H13N3O/c9-3-1-8-6-2-4-10-5-7(6)11-12-8/h10H,1-5,9H2. The van der Waals surface area contributed by atoms with Gasteiger partial charge in [-0.15, -0.1) is 0 Å². The van der Waals surface area contributed by atoms with Crippen molar-refractivity contribution in [3.05, 3.63) is 17.0 Å². The van der Waals surface area contributed by atoms with Gasteiger partial charge in [0, 0.05) is 18.5 Å². The van der Waals surface area contributed by atoms with Crippen LogP contribution < -0.4 is 11.1 Å². The molecule has 4 heteroatoms. The van der Waals surface area contributed by atoms with Crippen LogP contribution in [0.2, 0.25) is 0 Å². The summed E-state index contributed by atoms with van der Waals surface area (Å²) in [4.78, 5) is 0. The van der Waals surface area contributed by atoms with Crippen LogP contribution in [0.4, 0.5) is 0 Å². The molecule has 0 saturated heterocycles. The van der Waals surface area contributed by atoms with E-state index in [2.05, 4.69) is 10.5 Å². The van der Waals surface area contributed by atoms with Gasteiger partial charge in [0.05, 0.1) is 0 Å². The monoisotopic (exact) mass is 167 g/mol. The van der Waals surface area contributed by atoms with E-state index in [9.17, 15) is 0 Å². The summed E-state index contributed by atoms with van der Waals surface area (Å²) in [6.07, 6.45) is 1.83. The molecule has 0 aromatic carbocycles.